The molecule has 6 nitrogen and oxygen atoms in total. The molecule has 3 N–H and O–H groups in total. The monoisotopic (exact) mass is 322 g/mol. The van der Waals surface area contributed by atoms with Gasteiger partial charge in [-0.2, -0.15) is 0 Å². The van der Waals surface area contributed by atoms with Crippen LogP contribution in [-0.2, 0) is 12.8 Å². The Balaban J connectivity index is 1.64. The second-order valence-corrected chi connectivity index (χ2v) is 6.33. The summed E-state index contributed by atoms with van der Waals surface area (Å²) in [5.74, 6) is 0.975. The van der Waals surface area contributed by atoms with E-state index in [-0.39, 0.29) is 6.61 Å². The predicted octanol–water partition coefficient (Wildman–Crippen LogP) is 1.98. The van der Waals surface area contributed by atoms with Gasteiger partial charge >= 0.3 is 0 Å². The number of aryl methyl sites for hydroxylation is 1. The van der Waals surface area contributed by atoms with E-state index in [9.17, 15) is 5.11 Å². The third-order valence-electron chi connectivity index (χ3n) is 4.56. The van der Waals surface area contributed by atoms with Gasteiger partial charge in [-0.1, -0.05) is 6.07 Å². The van der Waals surface area contributed by atoms with Gasteiger partial charge in [-0.25, -0.2) is 0 Å². The van der Waals surface area contributed by atoms with Crippen LogP contribution in [0, 0.1) is 0 Å². The van der Waals surface area contributed by atoms with Crippen LogP contribution in [-0.4, -0.2) is 32.4 Å². The van der Waals surface area contributed by atoms with Crippen LogP contribution < -0.4 is 5.73 Å². The fraction of sp³-hybridized carbons (Fsp3) is 0.278. The summed E-state index contributed by atoms with van der Waals surface area (Å²) in [5.41, 5.74) is 9.83. The summed E-state index contributed by atoms with van der Waals surface area (Å²) in [7, 11) is 0. The Hall–Kier alpha value is -2.57. The van der Waals surface area contributed by atoms with E-state index >= 15 is 0 Å². The SMILES string of the molecule is NC1(CO)CCc2cc(-c3nnc(-c4ccncc4)o3)ccc2C1. The maximum absolute atomic E-state index is 9.46. The van der Waals surface area contributed by atoms with Gasteiger partial charge in [0.05, 0.1) is 6.61 Å². The lowest BCUT2D eigenvalue weighted by Crippen LogP contribution is -2.48. The van der Waals surface area contributed by atoms with Crippen molar-refractivity contribution in [2.24, 2.45) is 5.73 Å². The van der Waals surface area contributed by atoms with Crippen molar-refractivity contribution in [2.45, 2.75) is 24.8 Å². The lowest BCUT2D eigenvalue weighted by molar-refractivity contribution is 0.181. The second kappa shape index (κ2) is 5.81. The Morgan fingerprint density at radius 1 is 1.04 bits per heavy atom. The average molecular weight is 322 g/mol. The Morgan fingerprint density at radius 2 is 1.79 bits per heavy atom. The van der Waals surface area contributed by atoms with Crippen LogP contribution in [0.3, 0.4) is 0 Å². The molecule has 2 aromatic heterocycles. The molecule has 24 heavy (non-hydrogen) atoms. The van der Waals surface area contributed by atoms with E-state index in [0.29, 0.717) is 18.2 Å². The number of nitrogens with zero attached hydrogens (tertiary/aromatic N) is 3. The van der Waals surface area contributed by atoms with E-state index in [1.165, 1.54) is 11.1 Å². The number of fused-ring (bicyclic) bond motifs is 1. The third kappa shape index (κ3) is 2.70. The summed E-state index contributed by atoms with van der Waals surface area (Å²) in [6.45, 7) is 0.00709. The summed E-state index contributed by atoms with van der Waals surface area (Å²) in [4.78, 5) is 3.98. The van der Waals surface area contributed by atoms with Gasteiger partial charge in [-0.15, -0.1) is 10.2 Å². The molecule has 0 bridgehead atoms. The first-order valence-electron chi connectivity index (χ1n) is 7.93. The minimum absolute atomic E-state index is 0.00709. The standard InChI is InChI=1S/C18H18N4O2/c19-18(11-23)6-3-13-9-14(1-2-15(13)10-18)17-22-21-16(24-17)12-4-7-20-8-5-12/h1-2,4-5,7-9,23H,3,6,10-11,19H2. The van der Waals surface area contributed by atoms with Gasteiger partial charge in [0.2, 0.25) is 11.8 Å². The molecule has 3 aromatic rings. The first kappa shape index (κ1) is 15.0. The summed E-state index contributed by atoms with van der Waals surface area (Å²) < 4.78 is 5.79. The van der Waals surface area contributed by atoms with Crippen molar-refractivity contribution < 1.29 is 9.52 Å². The van der Waals surface area contributed by atoms with Crippen molar-refractivity contribution in [2.75, 3.05) is 6.61 Å². The van der Waals surface area contributed by atoms with Crippen LogP contribution in [0.1, 0.15) is 17.5 Å². The van der Waals surface area contributed by atoms with Crippen LogP contribution in [0.25, 0.3) is 22.9 Å². The summed E-state index contributed by atoms with van der Waals surface area (Å²) in [5, 5.41) is 17.7. The van der Waals surface area contributed by atoms with Crippen molar-refractivity contribution in [3.63, 3.8) is 0 Å². The maximum Gasteiger partial charge on any atom is 0.248 e. The number of nitrogens with two attached hydrogens (primary N) is 1. The van der Waals surface area contributed by atoms with Crippen molar-refractivity contribution in [3.05, 3.63) is 53.9 Å². The molecule has 4 rings (SSSR count). The van der Waals surface area contributed by atoms with Crippen molar-refractivity contribution >= 4 is 0 Å². The van der Waals surface area contributed by atoms with Crippen LogP contribution in [0.15, 0.2) is 47.1 Å². The number of hydrogen-bond donors (Lipinski definition) is 2. The maximum atomic E-state index is 9.46. The average Bonchev–Trinajstić information content (AvgIpc) is 3.12. The van der Waals surface area contributed by atoms with Gasteiger partial charge in [0.1, 0.15) is 0 Å². The van der Waals surface area contributed by atoms with Crippen molar-refractivity contribution in [3.8, 4) is 22.9 Å². The van der Waals surface area contributed by atoms with E-state index in [0.717, 1.165) is 24.0 Å². The van der Waals surface area contributed by atoms with E-state index in [2.05, 4.69) is 21.2 Å². The fourth-order valence-electron chi connectivity index (χ4n) is 3.10. The number of rotatable bonds is 3. The van der Waals surface area contributed by atoms with E-state index < -0.39 is 5.54 Å². The summed E-state index contributed by atoms with van der Waals surface area (Å²) in [6, 6.07) is 9.75. The molecular weight excluding hydrogens is 304 g/mol. The summed E-state index contributed by atoms with van der Waals surface area (Å²) in [6.07, 6.45) is 5.68. The van der Waals surface area contributed by atoms with Crippen molar-refractivity contribution in [1.82, 2.24) is 15.2 Å². The molecule has 0 amide bonds. The Morgan fingerprint density at radius 3 is 2.54 bits per heavy atom. The molecule has 1 unspecified atom stereocenters. The van der Waals surface area contributed by atoms with Crippen LogP contribution in [0.4, 0.5) is 0 Å². The van der Waals surface area contributed by atoms with Gasteiger partial charge in [-0.05, 0) is 54.7 Å². The Bertz CT molecular complexity index is 862. The Labute approximate surface area is 139 Å². The molecule has 122 valence electrons. The number of hydrogen-bond acceptors (Lipinski definition) is 6. The highest BCUT2D eigenvalue weighted by Gasteiger charge is 2.30. The first-order valence-corrected chi connectivity index (χ1v) is 7.93. The highest BCUT2D eigenvalue weighted by atomic mass is 16.4. The number of pyridine rings is 1. The minimum atomic E-state index is -0.506. The van der Waals surface area contributed by atoms with E-state index in [1.807, 2.05) is 24.3 Å². The molecule has 0 aliphatic heterocycles. The zero-order valence-electron chi connectivity index (χ0n) is 13.1. The lowest BCUT2D eigenvalue weighted by Gasteiger charge is -2.33. The quantitative estimate of drug-likeness (QED) is 0.765. The van der Waals surface area contributed by atoms with E-state index in [1.54, 1.807) is 12.4 Å². The molecule has 0 spiro atoms. The largest absolute Gasteiger partial charge is 0.416 e. The van der Waals surface area contributed by atoms with Crippen LogP contribution in [0.2, 0.25) is 0 Å². The highest BCUT2D eigenvalue weighted by molar-refractivity contribution is 5.59. The van der Waals surface area contributed by atoms with Gasteiger partial charge in [-0.3, -0.25) is 4.98 Å². The molecule has 1 aromatic carbocycles. The predicted molar refractivity (Wildman–Crippen MR) is 89.0 cm³/mol. The Kier molecular flexibility index (Phi) is 3.63. The molecule has 0 saturated carbocycles. The molecule has 1 atom stereocenters. The molecule has 0 fully saturated rings. The number of benzene rings is 1. The summed E-state index contributed by atoms with van der Waals surface area (Å²) >= 11 is 0. The zero-order chi connectivity index (χ0) is 16.6. The molecular formula is C18H18N4O2. The fourth-order valence-corrected chi connectivity index (χ4v) is 3.10. The van der Waals surface area contributed by atoms with Gasteiger partial charge in [0.25, 0.3) is 0 Å². The number of aliphatic hydroxyl groups excluding tert-OH is 1. The molecule has 0 saturated heterocycles. The lowest BCUT2D eigenvalue weighted by atomic mass is 9.78. The van der Waals surface area contributed by atoms with Crippen LogP contribution in [0.5, 0.6) is 0 Å². The number of aliphatic hydroxyl groups is 1. The first-order chi connectivity index (χ1) is 11.7. The molecule has 1 aliphatic carbocycles. The normalized spacial score (nSPS) is 19.9. The molecule has 0 radical (unpaired) electrons. The minimum Gasteiger partial charge on any atom is -0.416 e. The number of aromatic nitrogens is 3. The van der Waals surface area contributed by atoms with Crippen LogP contribution >= 0.6 is 0 Å². The van der Waals surface area contributed by atoms with Gasteiger partial charge in [0.15, 0.2) is 0 Å². The smallest absolute Gasteiger partial charge is 0.248 e. The van der Waals surface area contributed by atoms with Crippen molar-refractivity contribution in [1.29, 1.82) is 0 Å². The third-order valence-corrected chi connectivity index (χ3v) is 4.56. The highest BCUT2D eigenvalue weighted by Crippen LogP contribution is 2.31. The molecule has 2 heterocycles. The topological polar surface area (TPSA) is 98.1 Å². The zero-order valence-corrected chi connectivity index (χ0v) is 13.1. The van der Waals surface area contributed by atoms with E-state index in [4.69, 9.17) is 10.2 Å². The van der Waals surface area contributed by atoms with Gasteiger partial charge in [0, 0.05) is 29.1 Å². The second-order valence-electron chi connectivity index (χ2n) is 6.33. The molecule has 6 heteroatoms. The molecule has 1 aliphatic rings. The van der Waals surface area contributed by atoms with Gasteiger partial charge < -0.3 is 15.3 Å².